The maximum absolute atomic E-state index is 12.3. The van der Waals surface area contributed by atoms with Gasteiger partial charge in [0, 0.05) is 23.6 Å². The van der Waals surface area contributed by atoms with E-state index in [2.05, 4.69) is 15.3 Å². The van der Waals surface area contributed by atoms with Crippen LogP contribution in [0.15, 0.2) is 36.7 Å². The molecule has 110 valence electrons. The van der Waals surface area contributed by atoms with E-state index in [1.54, 1.807) is 24.2 Å². The average Bonchev–Trinajstić information content (AvgIpc) is 3.02. The molecule has 0 aliphatic carbocycles. The maximum Gasteiger partial charge on any atom is 0.256 e. The van der Waals surface area contributed by atoms with Crippen molar-refractivity contribution in [3.8, 4) is 11.4 Å². The van der Waals surface area contributed by atoms with Crippen molar-refractivity contribution in [2.24, 2.45) is 0 Å². The highest BCUT2D eigenvalue weighted by Gasteiger charge is 2.37. The number of hydrogen-bond donors (Lipinski definition) is 3. The van der Waals surface area contributed by atoms with E-state index in [0.29, 0.717) is 18.5 Å². The smallest absolute Gasteiger partial charge is 0.256 e. The summed E-state index contributed by atoms with van der Waals surface area (Å²) < 4.78 is 0. The minimum Gasteiger partial charge on any atom is -0.380 e. The fraction of sp³-hybridized carbons (Fsp3) is 0.333. The number of carbonyl (C=O) groups excluding carboxylic acids is 1. The molecule has 1 aromatic heterocycles. The van der Waals surface area contributed by atoms with Gasteiger partial charge in [-0.05, 0) is 36.5 Å². The standard InChI is InChI=1S/C15H17N3O2S/c19-14(15(20)4-8-21-9-5-15)18-12-3-1-2-11(10-12)13-16-6-7-17-13/h1-3,6-7,10,20H,4-5,8-9H2,(H,16,17)(H,18,19). The van der Waals surface area contributed by atoms with Crippen LogP contribution < -0.4 is 5.32 Å². The zero-order chi connectivity index (χ0) is 14.7. The Hall–Kier alpha value is -1.79. The molecule has 5 nitrogen and oxygen atoms in total. The Morgan fingerprint density at radius 2 is 2.19 bits per heavy atom. The Morgan fingerprint density at radius 1 is 1.38 bits per heavy atom. The second kappa shape index (κ2) is 5.91. The number of amides is 1. The summed E-state index contributed by atoms with van der Waals surface area (Å²) in [6, 6.07) is 7.43. The Labute approximate surface area is 127 Å². The first kappa shape index (κ1) is 14.2. The van der Waals surface area contributed by atoms with Crippen molar-refractivity contribution in [3.63, 3.8) is 0 Å². The number of H-pyrrole nitrogens is 1. The first-order chi connectivity index (χ1) is 10.2. The second-order valence-corrected chi connectivity index (χ2v) is 6.34. The van der Waals surface area contributed by atoms with Gasteiger partial charge in [0.25, 0.3) is 5.91 Å². The molecule has 2 aromatic rings. The SMILES string of the molecule is O=C(Nc1cccc(-c2ncc[nH]2)c1)C1(O)CCSCC1. The molecule has 1 aromatic carbocycles. The number of hydrogen-bond acceptors (Lipinski definition) is 4. The van der Waals surface area contributed by atoms with Crippen molar-refractivity contribution in [3.05, 3.63) is 36.7 Å². The Balaban J connectivity index is 1.76. The number of benzene rings is 1. The first-order valence-corrected chi connectivity index (χ1v) is 8.04. The Kier molecular flexibility index (Phi) is 3.98. The molecule has 0 atom stereocenters. The summed E-state index contributed by atoms with van der Waals surface area (Å²) in [6.07, 6.45) is 4.44. The van der Waals surface area contributed by atoms with Crippen molar-refractivity contribution in [2.75, 3.05) is 16.8 Å². The third-order valence-electron chi connectivity index (χ3n) is 3.63. The summed E-state index contributed by atoms with van der Waals surface area (Å²) >= 11 is 1.77. The van der Waals surface area contributed by atoms with Crippen LogP contribution in [0, 0.1) is 0 Å². The van der Waals surface area contributed by atoms with Gasteiger partial charge in [-0.2, -0.15) is 11.8 Å². The molecular formula is C15H17N3O2S. The van der Waals surface area contributed by atoms with Gasteiger partial charge in [-0.3, -0.25) is 4.79 Å². The number of imidazole rings is 1. The fourth-order valence-corrected chi connectivity index (χ4v) is 3.52. The van der Waals surface area contributed by atoms with Crippen LogP contribution in [-0.4, -0.2) is 38.1 Å². The number of rotatable bonds is 3. The van der Waals surface area contributed by atoms with Gasteiger partial charge >= 0.3 is 0 Å². The minimum atomic E-state index is -1.24. The van der Waals surface area contributed by atoms with Crippen molar-refractivity contribution >= 4 is 23.4 Å². The van der Waals surface area contributed by atoms with E-state index in [-0.39, 0.29) is 5.91 Å². The van der Waals surface area contributed by atoms with Gasteiger partial charge in [-0.15, -0.1) is 0 Å². The lowest BCUT2D eigenvalue weighted by molar-refractivity contribution is -0.134. The van der Waals surface area contributed by atoms with Crippen molar-refractivity contribution in [2.45, 2.75) is 18.4 Å². The van der Waals surface area contributed by atoms with Gasteiger partial charge in [0.15, 0.2) is 0 Å². The number of nitrogens with one attached hydrogen (secondary N) is 2. The highest BCUT2D eigenvalue weighted by atomic mass is 32.2. The Bertz CT molecular complexity index is 622. The number of carbonyl (C=O) groups is 1. The van der Waals surface area contributed by atoms with Gasteiger partial charge in [0.05, 0.1) is 0 Å². The summed E-state index contributed by atoms with van der Waals surface area (Å²) in [7, 11) is 0. The molecule has 3 N–H and O–H groups in total. The Morgan fingerprint density at radius 3 is 2.90 bits per heavy atom. The predicted octanol–water partition coefficient (Wildman–Crippen LogP) is 2.27. The van der Waals surface area contributed by atoms with Gasteiger partial charge in [-0.1, -0.05) is 12.1 Å². The lowest BCUT2D eigenvalue weighted by Gasteiger charge is -2.30. The molecule has 1 fully saturated rings. The lowest BCUT2D eigenvalue weighted by atomic mass is 9.95. The highest BCUT2D eigenvalue weighted by Crippen LogP contribution is 2.28. The number of thioether (sulfide) groups is 1. The molecule has 0 unspecified atom stereocenters. The second-order valence-electron chi connectivity index (χ2n) is 5.12. The summed E-state index contributed by atoms with van der Waals surface area (Å²) in [5, 5.41) is 13.2. The molecule has 6 heteroatoms. The molecule has 0 radical (unpaired) electrons. The summed E-state index contributed by atoms with van der Waals surface area (Å²) in [4.78, 5) is 19.5. The third kappa shape index (κ3) is 3.11. The lowest BCUT2D eigenvalue weighted by Crippen LogP contribution is -2.45. The molecule has 2 heterocycles. The molecule has 1 aliphatic rings. The van der Waals surface area contributed by atoms with Gasteiger partial charge < -0.3 is 15.4 Å². The average molecular weight is 303 g/mol. The molecule has 1 amide bonds. The molecular weight excluding hydrogens is 286 g/mol. The van der Waals surface area contributed by atoms with Gasteiger partial charge in [0.2, 0.25) is 0 Å². The molecule has 3 rings (SSSR count). The predicted molar refractivity (Wildman–Crippen MR) is 84.2 cm³/mol. The molecule has 0 spiro atoms. The van der Waals surface area contributed by atoms with Crippen LogP contribution in [0.5, 0.6) is 0 Å². The van der Waals surface area contributed by atoms with E-state index in [1.165, 1.54) is 0 Å². The van der Waals surface area contributed by atoms with Crippen molar-refractivity contribution in [1.82, 2.24) is 9.97 Å². The molecule has 1 saturated heterocycles. The molecule has 21 heavy (non-hydrogen) atoms. The maximum atomic E-state index is 12.3. The van der Waals surface area contributed by atoms with Crippen molar-refractivity contribution < 1.29 is 9.90 Å². The van der Waals surface area contributed by atoms with E-state index < -0.39 is 5.60 Å². The number of aromatic nitrogens is 2. The highest BCUT2D eigenvalue weighted by molar-refractivity contribution is 7.99. The zero-order valence-corrected chi connectivity index (χ0v) is 12.3. The number of nitrogens with zero attached hydrogens (tertiary/aromatic N) is 1. The van der Waals surface area contributed by atoms with Crippen LogP contribution in [0.3, 0.4) is 0 Å². The fourth-order valence-electron chi connectivity index (χ4n) is 2.35. The van der Waals surface area contributed by atoms with E-state index >= 15 is 0 Å². The van der Waals surface area contributed by atoms with Crippen LogP contribution in [-0.2, 0) is 4.79 Å². The quantitative estimate of drug-likeness (QED) is 0.813. The van der Waals surface area contributed by atoms with Crippen LogP contribution in [0.2, 0.25) is 0 Å². The van der Waals surface area contributed by atoms with E-state index in [0.717, 1.165) is 22.9 Å². The van der Waals surface area contributed by atoms with Gasteiger partial charge in [-0.25, -0.2) is 4.98 Å². The van der Waals surface area contributed by atoms with Crippen LogP contribution >= 0.6 is 11.8 Å². The normalized spacial score (nSPS) is 17.4. The molecule has 1 aliphatic heterocycles. The van der Waals surface area contributed by atoms with Crippen LogP contribution in [0.1, 0.15) is 12.8 Å². The van der Waals surface area contributed by atoms with E-state index in [4.69, 9.17) is 0 Å². The minimum absolute atomic E-state index is 0.320. The third-order valence-corrected chi connectivity index (χ3v) is 4.62. The van der Waals surface area contributed by atoms with Crippen LogP contribution in [0.25, 0.3) is 11.4 Å². The van der Waals surface area contributed by atoms with E-state index in [1.807, 2.05) is 24.3 Å². The monoisotopic (exact) mass is 303 g/mol. The number of aliphatic hydroxyl groups is 1. The summed E-state index contributed by atoms with van der Waals surface area (Å²) in [6.45, 7) is 0. The number of aromatic amines is 1. The molecule has 0 bridgehead atoms. The summed E-state index contributed by atoms with van der Waals surface area (Å²) in [5.41, 5.74) is 0.316. The van der Waals surface area contributed by atoms with E-state index in [9.17, 15) is 9.90 Å². The molecule has 0 saturated carbocycles. The zero-order valence-electron chi connectivity index (χ0n) is 11.5. The van der Waals surface area contributed by atoms with Crippen LogP contribution in [0.4, 0.5) is 5.69 Å². The van der Waals surface area contributed by atoms with Gasteiger partial charge in [0.1, 0.15) is 11.4 Å². The largest absolute Gasteiger partial charge is 0.380 e. The first-order valence-electron chi connectivity index (χ1n) is 6.89. The van der Waals surface area contributed by atoms with Crippen molar-refractivity contribution in [1.29, 1.82) is 0 Å². The number of anilines is 1. The topological polar surface area (TPSA) is 78.0 Å². The summed E-state index contributed by atoms with van der Waals surface area (Å²) in [5.74, 6) is 2.06.